The van der Waals surface area contributed by atoms with E-state index in [0.29, 0.717) is 0 Å². The number of ether oxygens (including phenoxy) is 1. The van der Waals surface area contributed by atoms with Crippen molar-refractivity contribution in [3.8, 4) is 0 Å². The van der Waals surface area contributed by atoms with E-state index in [1.165, 1.54) is 10.6 Å². The summed E-state index contributed by atoms with van der Waals surface area (Å²) >= 11 is 0. The van der Waals surface area contributed by atoms with Crippen molar-refractivity contribution >= 4 is 32.8 Å². The van der Waals surface area contributed by atoms with Gasteiger partial charge >= 0.3 is 14.2 Å². The van der Waals surface area contributed by atoms with Crippen LogP contribution in [0.1, 0.15) is 13.8 Å². The zero-order valence-electron chi connectivity index (χ0n) is 17.4. The smallest absolute Gasteiger partial charge is 0.403 e. The van der Waals surface area contributed by atoms with E-state index in [1.807, 2.05) is 0 Å². The Morgan fingerprint density at radius 3 is 1.83 bits per heavy atom. The minimum absolute atomic E-state index is 0.112. The molecule has 30 heavy (non-hydrogen) atoms. The Bertz CT molecular complexity index is 789. The molecule has 0 radical (unpaired) electrons. The van der Waals surface area contributed by atoms with Gasteiger partial charge in [-0.15, -0.1) is 0 Å². The lowest BCUT2D eigenvalue weighted by Gasteiger charge is -2.40. The van der Waals surface area contributed by atoms with Gasteiger partial charge in [-0.25, -0.2) is 0 Å². The van der Waals surface area contributed by atoms with E-state index in [0.717, 1.165) is 18.8 Å². The first kappa shape index (κ1) is 20.7. The summed E-state index contributed by atoms with van der Waals surface area (Å²) in [6.07, 6.45) is 1.41. The molecule has 156 valence electrons. The van der Waals surface area contributed by atoms with E-state index in [-0.39, 0.29) is 38.7 Å². The second-order valence-corrected chi connectivity index (χ2v) is 10.2. The third-order valence-electron chi connectivity index (χ3n) is 5.97. The average molecular weight is 424 g/mol. The van der Waals surface area contributed by atoms with Gasteiger partial charge in [0.1, 0.15) is 6.10 Å². The Morgan fingerprint density at radius 1 is 0.700 bits per heavy atom. The number of benzene rings is 2. The lowest BCUT2D eigenvalue weighted by Crippen LogP contribution is -2.56. The van der Waals surface area contributed by atoms with Crippen molar-refractivity contribution in [2.45, 2.75) is 57.2 Å². The largest absolute Gasteiger partial charge is 0.458 e. The van der Waals surface area contributed by atoms with E-state index in [1.54, 1.807) is 0 Å². The molecule has 0 saturated carbocycles. The molecule has 5 atom stereocenters. The molecule has 5 unspecified atom stereocenters. The van der Waals surface area contributed by atoms with Crippen LogP contribution in [0.4, 0.5) is 0 Å². The van der Waals surface area contributed by atoms with Gasteiger partial charge in [0.15, 0.2) is 6.29 Å². The molecule has 5 nitrogen and oxygen atoms in total. The maximum Gasteiger partial charge on any atom is 0.458 e. The molecule has 0 aromatic heterocycles. The molecule has 0 spiro atoms. The first-order valence-corrected chi connectivity index (χ1v) is 12.4. The van der Waals surface area contributed by atoms with Gasteiger partial charge in [-0.2, -0.15) is 0 Å². The lowest BCUT2D eigenvalue weighted by molar-refractivity contribution is -0.208. The summed E-state index contributed by atoms with van der Waals surface area (Å²) in [7, 11) is -1.06. The number of hydrogen-bond acceptors (Lipinski definition) is 5. The SMILES string of the molecule is CCB1OC2OC(CP(c3ccccc3)c3ccccc3)C3OB(CC)OC3C2O1. The Labute approximate surface area is 180 Å². The van der Waals surface area contributed by atoms with E-state index in [9.17, 15) is 0 Å². The van der Waals surface area contributed by atoms with Crippen LogP contribution in [-0.4, -0.2) is 51.1 Å². The number of hydrogen-bond donors (Lipinski definition) is 0. The van der Waals surface area contributed by atoms with Gasteiger partial charge in [-0.1, -0.05) is 74.5 Å². The molecule has 8 heteroatoms. The molecule has 3 aliphatic rings. The molecule has 3 heterocycles. The van der Waals surface area contributed by atoms with Crippen LogP contribution in [-0.2, 0) is 23.4 Å². The molecule has 5 rings (SSSR count). The van der Waals surface area contributed by atoms with Gasteiger partial charge in [0, 0.05) is 6.16 Å². The second kappa shape index (κ2) is 9.12. The molecule has 3 fully saturated rings. The molecule has 0 aliphatic carbocycles. The second-order valence-electron chi connectivity index (χ2n) is 7.94. The topological polar surface area (TPSA) is 46.2 Å². The molecule has 2 aromatic carbocycles. The van der Waals surface area contributed by atoms with Crippen LogP contribution in [0.2, 0.25) is 12.6 Å². The predicted molar refractivity (Wildman–Crippen MR) is 121 cm³/mol. The third-order valence-corrected chi connectivity index (χ3v) is 8.54. The van der Waals surface area contributed by atoms with E-state index in [4.69, 9.17) is 23.4 Å². The number of fused-ring (bicyclic) bond motifs is 3. The minimum atomic E-state index is -0.605. The van der Waals surface area contributed by atoms with E-state index in [2.05, 4.69) is 74.5 Å². The van der Waals surface area contributed by atoms with Crippen molar-refractivity contribution in [1.82, 2.24) is 0 Å². The van der Waals surface area contributed by atoms with Gasteiger partial charge < -0.3 is 23.4 Å². The van der Waals surface area contributed by atoms with Crippen molar-refractivity contribution < 1.29 is 23.4 Å². The fraction of sp³-hybridized carbons (Fsp3) is 0.455. The van der Waals surface area contributed by atoms with Crippen molar-refractivity contribution in [1.29, 1.82) is 0 Å². The van der Waals surface area contributed by atoms with Gasteiger partial charge in [0.2, 0.25) is 0 Å². The molecule has 2 aromatic rings. The fourth-order valence-corrected chi connectivity index (χ4v) is 6.92. The standard InChI is InChI=1S/C22H27B2O5P/c1-3-23-26-19-18(25-22-21(20(19)27-23)28-24(4-2)29-22)15-30(16-11-7-5-8-12-16)17-13-9-6-10-14-17/h5-14,18-22H,3-4,15H2,1-2H3. The summed E-state index contributed by atoms with van der Waals surface area (Å²) in [5.74, 6) is 0. The first-order valence-electron chi connectivity index (χ1n) is 10.9. The van der Waals surface area contributed by atoms with Crippen LogP contribution in [0.3, 0.4) is 0 Å². The first-order chi connectivity index (χ1) is 14.8. The lowest BCUT2D eigenvalue weighted by atomic mass is 9.86. The van der Waals surface area contributed by atoms with Crippen LogP contribution in [0, 0.1) is 0 Å². The Kier molecular flexibility index (Phi) is 6.29. The molecule has 0 N–H and O–H groups in total. The molecule has 3 saturated heterocycles. The van der Waals surface area contributed by atoms with Crippen LogP contribution in [0.5, 0.6) is 0 Å². The number of rotatable bonds is 6. The Balaban J connectivity index is 1.44. The van der Waals surface area contributed by atoms with Crippen LogP contribution >= 0.6 is 7.92 Å². The van der Waals surface area contributed by atoms with Crippen LogP contribution in [0.15, 0.2) is 60.7 Å². The summed E-state index contributed by atoms with van der Waals surface area (Å²) in [5, 5.41) is 2.67. The molecular formula is C22H27B2O5P. The van der Waals surface area contributed by atoms with Gasteiger partial charge in [-0.05, 0) is 31.2 Å². The van der Waals surface area contributed by atoms with Crippen molar-refractivity contribution in [2.24, 2.45) is 0 Å². The summed E-state index contributed by atoms with van der Waals surface area (Å²) < 4.78 is 31.2. The van der Waals surface area contributed by atoms with Gasteiger partial charge in [0.05, 0.1) is 18.3 Å². The molecule has 0 amide bonds. The van der Waals surface area contributed by atoms with Gasteiger partial charge in [-0.3, -0.25) is 0 Å². The fourth-order valence-electron chi connectivity index (χ4n) is 4.48. The normalized spacial score (nSPS) is 30.6. The molecule has 3 aliphatic heterocycles. The molecule has 0 bridgehead atoms. The van der Waals surface area contributed by atoms with E-state index < -0.39 is 14.2 Å². The average Bonchev–Trinajstić information content (AvgIpc) is 3.42. The predicted octanol–water partition coefficient (Wildman–Crippen LogP) is 3.06. The van der Waals surface area contributed by atoms with Crippen molar-refractivity contribution in [3.05, 3.63) is 60.7 Å². The molecular weight excluding hydrogens is 397 g/mol. The quantitative estimate of drug-likeness (QED) is 0.527. The van der Waals surface area contributed by atoms with Crippen molar-refractivity contribution in [3.63, 3.8) is 0 Å². The monoisotopic (exact) mass is 424 g/mol. The van der Waals surface area contributed by atoms with E-state index >= 15 is 0 Å². The summed E-state index contributed by atoms with van der Waals surface area (Å²) in [6.45, 7) is 4.14. The zero-order valence-corrected chi connectivity index (χ0v) is 18.3. The minimum Gasteiger partial charge on any atom is -0.403 e. The van der Waals surface area contributed by atoms with Gasteiger partial charge in [0.25, 0.3) is 0 Å². The highest BCUT2D eigenvalue weighted by Crippen LogP contribution is 2.43. The maximum atomic E-state index is 6.49. The third kappa shape index (κ3) is 4.00. The van der Waals surface area contributed by atoms with Crippen LogP contribution in [0.25, 0.3) is 0 Å². The summed E-state index contributed by atoms with van der Waals surface area (Å²) in [5.41, 5.74) is 0. The summed E-state index contributed by atoms with van der Waals surface area (Å²) in [6, 6.07) is 21.4. The maximum absolute atomic E-state index is 6.49. The summed E-state index contributed by atoms with van der Waals surface area (Å²) in [4.78, 5) is 0. The van der Waals surface area contributed by atoms with Crippen LogP contribution < -0.4 is 10.6 Å². The van der Waals surface area contributed by atoms with Crippen molar-refractivity contribution in [2.75, 3.05) is 6.16 Å². The Morgan fingerprint density at radius 2 is 1.23 bits per heavy atom. The highest BCUT2D eigenvalue weighted by atomic mass is 31.1. The zero-order chi connectivity index (χ0) is 20.5. The highest BCUT2D eigenvalue weighted by molar-refractivity contribution is 7.73. The highest BCUT2D eigenvalue weighted by Gasteiger charge is 2.58. The Hall–Kier alpha value is -1.20.